The van der Waals surface area contributed by atoms with E-state index in [1.165, 1.54) is 12.1 Å². The summed E-state index contributed by atoms with van der Waals surface area (Å²) in [4.78, 5) is 0. The highest BCUT2D eigenvalue weighted by atomic mass is 32.2. The van der Waals surface area contributed by atoms with Gasteiger partial charge in [-0.25, -0.2) is 13.1 Å². The van der Waals surface area contributed by atoms with Crippen molar-refractivity contribution in [3.63, 3.8) is 0 Å². The first-order valence-corrected chi connectivity index (χ1v) is 12.2. The molecule has 3 rings (SSSR count). The van der Waals surface area contributed by atoms with Gasteiger partial charge in [0.2, 0.25) is 10.0 Å². The Morgan fingerprint density at radius 3 is 2.50 bits per heavy atom. The minimum atomic E-state index is -4.71. The van der Waals surface area contributed by atoms with Crippen LogP contribution in [0.15, 0.2) is 24.3 Å². The molecular weight excluding hydrogens is 421 g/mol. The molecule has 0 spiro atoms. The maximum Gasteiger partial charge on any atom is 0.573 e. The summed E-state index contributed by atoms with van der Waals surface area (Å²) >= 11 is 0. The van der Waals surface area contributed by atoms with Gasteiger partial charge in [-0.2, -0.15) is 0 Å². The van der Waals surface area contributed by atoms with Crippen molar-refractivity contribution in [3.8, 4) is 5.75 Å². The Bertz CT molecular complexity index is 795. The molecule has 1 aliphatic heterocycles. The van der Waals surface area contributed by atoms with E-state index in [1.54, 1.807) is 12.1 Å². The molecule has 30 heavy (non-hydrogen) atoms. The molecule has 6 nitrogen and oxygen atoms in total. The van der Waals surface area contributed by atoms with Crippen molar-refractivity contribution in [1.29, 1.82) is 0 Å². The average Bonchev–Trinajstić information content (AvgIpc) is 2.66. The van der Waals surface area contributed by atoms with Gasteiger partial charge < -0.3 is 14.8 Å². The van der Waals surface area contributed by atoms with Crippen molar-refractivity contribution in [1.82, 2.24) is 10.0 Å². The first-order valence-electron chi connectivity index (χ1n) is 10.3. The van der Waals surface area contributed by atoms with E-state index in [-0.39, 0.29) is 29.9 Å². The van der Waals surface area contributed by atoms with Crippen LogP contribution < -0.4 is 14.8 Å². The second kappa shape index (κ2) is 9.84. The number of piperidine rings is 1. The SMILES string of the molecule is CS(=O)(=O)N[C@H]1CCCN[C@H]1COC1CCC(c2ccccc2OC(F)(F)F)CC1. The number of nitrogens with one attached hydrogen (secondary N) is 2. The molecule has 1 aromatic rings. The number of hydrogen-bond acceptors (Lipinski definition) is 5. The van der Waals surface area contributed by atoms with E-state index in [2.05, 4.69) is 14.8 Å². The van der Waals surface area contributed by atoms with E-state index in [9.17, 15) is 21.6 Å². The van der Waals surface area contributed by atoms with Gasteiger partial charge >= 0.3 is 6.36 Å². The zero-order valence-electron chi connectivity index (χ0n) is 17.0. The van der Waals surface area contributed by atoms with Crippen molar-refractivity contribution < 1.29 is 31.1 Å². The standard InChI is InChI=1S/C20H29F3N2O4S/c1-30(26,27)25-17-6-4-12-24-18(17)13-28-15-10-8-14(9-11-15)16-5-2-3-7-19(16)29-20(21,22)23/h2-3,5,7,14-15,17-18,24-25H,4,6,8-13H2,1H3/t14?,15?,17-,18-/m0/s1. The van der Waals surface area contributed by atoms with Crippen LogP contribution in [0.3, 0.4) is 0 Å². The largest absolute Gasteiger partial charge is 0.573 e. The number of sulfonamides is 1. The second-order valence-electron chi connectivity index (χ2n) is 8.09. The number of hydrogen-bond donors (Lipinski definition) is 2. The molecule has 0 amide bonds. The van der Waals surface area contributed by atoms with Crippen LogP contribution in [0.4, 0.5) is 13.2 Å². The van der Waals surface area contributed by atoms with E-state index in [4.69, 9.17) is 4.74 Å². The van der Waals surface area contributed by atoms with Crippen LogP contribution in [-0.2, 0) is 14.8 Å². The van der Waals surface area contributed by atoms with E-state index in [0.29, 0.717) is 25.0 Å². The predicted molar refractivity (Wildman–Crippen MR) is 107 cm³/mol. The van der Waals surface area contributed by atoms with Gasteiger partial charge in [-0.15, -0.1) is 13.2 Å². The third kappa shape index (κ3) is 7.11. The second-order valence-corrected chi connectivity index (χ2v) is 9.87. The third-order valence-corrected chi connectivity index (χ3v) is 6.45. The Kier molecular flexibility index (Phi) is 7.65. The first kappa shape index (κ1) is 23.3. The molecule has 0 bridgehead atoms. The smallest absolute Gasteiger partial charge is 0.405 e. The quantitative estimate of drug-likeness (QED) is 0.667. The fraction of sp³-hybridized carbons (Fsp3) is 0.700. The zero-order chi connectivity index (χ0) is 21.8. The number of benzene rings is 1. The Labute approximate surface area is 175 Å². The summed E-state index contributed by atoms with van der Waals surface area (Å²) in [5.41, 5.74) is 0.583. The van der Waals surface area contributed by atoms with Crippen LogP contribution in [0.5, 0.6) is 5.75 Å². The number of alkyl halides is 3. The molecule has 2 N–H and O–H groups in total. The first-order chi connectivity index (χ1) is 14.1. The Hall–Kier alpha value is -1.36. The van der Waals surface area contributed by atoms with Gasteiger partial charge in [-0.1, -0.05) is 18.2 Å². The highest BCUT2D eigenvalue weighted by molar-refractivity contribution is 7.88. The van der Waals surface area contributed by atoms with Crippen LogP contribution in [0.1, 0.15) is 50.0 Å². The van der Waals surface area contributed by atoms with Gasteiger partial charge in [0.25, 0.3) is 0 Å². The molecule has 2 atom stereocenters. The van der Waals surface area contributed by atoms with E-state index in [1.807, 2.05) is 0 Å². The van der Waals surface area contributed by atoms with Gasteiger partial charge in [0.15, 0.2) is 0 Å². The lowest BCUT2D eigenvalue weighted by atomic mass is 9.82. The van der Waals surface area contributed by atoms with Crippen LogP contribution in [-0.4, -0.2) is 52.4 Å². The van der Waals surface area contributed by atoms with Crippen LogP contribution >= 0.6 is 0 Å². The minimum absolute atomic E-state index is 0.00384. The molecule has 1 aromatic carbocycles. The van der Waals surface area contributed by atoms with Crippen LogP contribution in [0.2, 0.25) is 0 Å². The van der Waals surface area contributed by atoms with Crippen molar-refractivity contribution in [3.05, 3.63) is 29.8 Å². The molecule has 10 heteroatoms. The summed E-state index contributed by atoms with van der Waals surface area (Å²) in [6, 6.07) is 6.03. The van der Waals surface area contributed by atoms with Crippen molar-refractivity contribution in [2.24, 2.45) is 0 Å². The van der Waals surface area contributed by atoms with E-state index >= 15 is 0 Å². The molecule has 0 radical (unpaired) electrons. The molecule has 0 aromatic heterocycles. The summed E-state index contributed by atoms with van der Waals surface area (Å²) in [6.45, 7) is 1.22. The van der Waals surface area contributed by atoms with Crippen molar-refractivity contribution in [2.75, 3.05) is 19.4 Å². The van der Waals surface area contributed by atoms with Gasteiger partial charge in [0.05, 0.1) is 19.0 Å². The predicted octanol–water partition coefficient (Wildman–Crippen LogP) is 3.30. The minimum Gasteiger partial charge on any atom is -0.405 e. The molecule has 0 unspecified atom stereocenters. The van der Waals surface area contributed by atoms with E-state index < -0.39 is 16.4 Å². The van der Waals surface area contributed by atoms with Crippen molar-refractivity contribution >= 4 is 10.0 Å². The Morgan fingerprint density at radius 1 is 1.13 bits per heavy atom. The number of para-hydroxylation sites is 1. The van der Waals surface area contributed by atoms with Gasteiger partial charge in [0.1, 0.15) is 5.75 Å². The summed E-state index contributed by atoms with van der Waals surface area (Å²) in [5.74, 6) is -0.133. The number of rotatable bonds is 7. The Morgan fingerprint density at radius 2 is 1.83 bits per heavy atom. The van der Waals surface area contributed by atoms with Crippen LogP contribution in [0.25, 0.3) is 0 Å². The average molecular weight is 451 g/mol. The maximum atomic E-state index is 12.7. The number of ether oxygens (including phenoxy) is 2. The Balaban J connectivity index is 1.51. The highest BCUT2D eigenvalue weighted by Crippen LogP contribution is 2.39. The molecule has 1 saturated carbocycles. The fourth-order valence-corrected chi connectivity index (χ4v) is 5.19. The summed E-state index contributed by atoms with van der Waals surface area (Å²) in [5, 5.41) is 3.32. The van der Waals surface area contributed by atoms with Gasteiger partial charge in [0, 0.05) is 12.1 Å². The molecule has 1 aliphatic carbocycles. The lowest BCUT2D eigenvalue weighted by molar-refractivity contribution is -0.275. The van der Waals surface area contributed by atoms with Crippen molar-refractivity contribution in [2.45, 2.75) is 69.0 Å². The fourth-order valence-electron chi connectivity index (χ4n) is 4.36. The molecule has 2 fully saturated rings. The molecular formula is C20H29F3N2O4S. The summed E-state index contributed by atoms with van der Waals surface area (Å²) in [6.07, 6.45) is 1.02. The topological polar surface area (TPSA) is 76.7 Å². The van der Waals surface area contributed by atoms with Crippen LogP contribution in [0, 0.1) is 0 Å². The normalized spacial score (nSPS) is 28.3. The molecule has 1 saturated heterocycles. The maximum absolute atomic E-state index is 12.7. The van der Waals surface area contributed by atoms with E-state index in [0.717, 1.165) is 38.5 Å². The summed E-state index contributed by atoms with van der Waals surface area (Å²) < 4.78 is 74.1. The molecule has 2 aliphatic rings. The summed E-state index contributed by atoms with van der Waals surface area (Å²) in [7, 11) is -3.29. The lowest BCUT2D eigenvalue weighted by Gasteiger charge is -2.35. The third-order valence-electron chi connectivity index (χ3n) is 5.72. The zero-order valence-corrected chi connectivity index (χ0v) is 17.8. The molecule has 170 valence electrons. The van der Waals surface area contributed by atoms with Gasteiger partial charge in [-0.3, -0.25) is 0 Å². The number of halogens is 3. The molecule has 1 heterocycles. The highest BCUT2D eigenvalue weighted by Gasteiger charge is 2.34. The van der Waals surface area contributed by atoms with Gasteiger partial charge in [-0.05, 0) is 62.6 Å². The monoisotopic (exact) mass is 450 g/mol. The lowest BCUT2D eigenvalue weighted by Crippen LogP contribution is -2.55.